The fourth-order valence-electron chi connectivity index (χ4n) is 6.67. The van der Waals surface area contributed by atoms with Gasteiger partial charge in [0, 0.05) is 37.0 Å². The van der Waals surface area contributed by atoms with E-state index >= 15 is 0 Å². The summed E-state index contributed by atoms with van der Waals surface area (Å²) in [5, 5.41) is 19.5. The van der Waals surface area contributed by atoms with E-state index in [0.29, 0.717) is 11.8 Å². The molecule has 200 valence electrons. The topological polar surface area (TPSA) is 131 Å². The SMILES string of the molecule is O=C(NC1CCC(C2=NCCN2)CC1)NC1CCCCC1NC(=O)NC1CCC(C2=NCCN2)CC1. The van der Waals surface area contributed by atoms with E-state index in [1.165, 1.54) is 11.7 Å². The summed E-state index contributed by atoms with van der Waals surface area (Å²) < 4.78 is 0. The van der Waals surface area contributed by atoms with Crippen LogP contribution in [0.4, 0.5) is 9.59 Å². The molecular weight excluding hydrogens is 456 g/mol. The largest absolute Gasteiger partial charge is 0.372 e. The zero-order valence-corrected chi connectivity index (χ0v) is 21.5. The minimum atomic E-state index is -0.101. The third-order valence-corrected chi connectivity index (χ3v) is 8.70. The highest BCUT2D eigenvalue weighted by Crippen LogP contribution is 2.27. The number of aliphatic imine (C=N–C) groups is 2. The van der Waals surface area contributed by atoms with Crippen LogP contribution >= 0.6 is 0 Å². The first-order valence-corrected chi connectivity index (χ1v) is 14.3. The Labute approximate surface area is 214 Å². The van der Waals surface area contributed by atoms with E-state index in [2.05, 4.69) is 41.9 Å². The molecule has 5 aliphatic rings. The van der Waals surface area contributed by atoms with Crippen molar-refractivity contribution in [3.05, 3.63) is 0 Å². The predicted molar refractivity (Wildman–Crippen MR) is 141 cm³/mol. The summed E-state index contributed by atoms with van der Waals surface area (Å²) in [5.74, 6) is 3.37. The van der Waals surface area contributed by atoms with Crippen molar-refractivity contribution < 1.29 is 9.59 Å². The molecule has 0 saturated heterocycles. The van der Waals surface area contributed by atoms with Crippen LogP contribution in [0.5, 0.6) is 0 Å². The van der Waals surface area contributed by atoms with Crippen LogP contribution < -0.4 is 31.9 Å². The molecule has 0 bridgehead atoms. The molecule has 3 saturated carbocycles. The number of amidine groups is 2. The Kier molecular flexibility index (Phi) is 8.48. The quantitative estimate of drug-likeness (QED) is 0.333. The van der Waals surface area contributed by atoms with Crippen molar-refractivity contribution in [3.63, 3.8) is 0 Å². The Hall–Kier alpha value is -2.52. The molecule has 36 heavy (non-hydrogen) atoms. The first-order valence-electron chi connectivity index (χ1n) is 14.3. The average molecular weight is 501 g/mol. The minimum Gasteiger partial charge on any atom is -0.372 e. The number of urea groups is 2. The van der Waals surface area contributed by atoms with Crippen molar-refractivity contribution in [3.8, 4) is 0 Å². The zero-order valence-electron chi connectivity index (χ0n) is 21.5. The molecule has 0 spiro atoms. The van der Waals surface area contributed by atoms with Gasteiger partial charge in [-0.3, -0.25) is 9.98 Å². The number of hydrogen-bond acceptors (Lipinski definition) is 6. The summed E-state index contributed by atoms with van der Waals surface area (Å²) in [7, 11) is 0. The van der Waals surface area contributed by atoms with Crippen molar-refractivity contribution in [1.82, 2.24) is 31.9 Å². The van der Waals surface area contributed by atoms with Crippen molar-refractivity contribution >= 4 is 23.7 Å². The summed E-state index contributed by atoms with van der Waals surface area (Å²) in [5.41, 5.74) is 0. The fourth-order valence-corrected chi connectivity index (χ4v) is 6.67. The van der Waals surface area contributed by atoms with E-state index in [-0.39, 0.29) is 36.2 Å². The lowest BCUT2D eigenvalue weighted by molar-refractivity contribution is 0.205. The van der Waals surface area contributed by atoms with E-state index in [1.807, 2.05) is 0 Å². The number of carbonyl (C=O) groups excluding carboxylic acids is 2. The van der Waals surface area contributed by atoms with Crippen LogP contribution in [-0.4, -0.2) is 74.1 Å². The summed E-state index contributed by atoms with van der Waals surface area (Å²) in [4.78, 5) is 34.7. The van der Waals surface area contributed by atoms with Crippen LogP contribution in [0.3, 0.4) is 0 Å². The Morgan fingerprint density at radius 1 is 0.583 bits per heavy atom. The highest BCUT2D eigenvalue weighted by molar-refractivity contribution is 5.86. The summed E-state index contributed by atoms with van der Waals surface area (Å²) in [6, 6.07) is 0.163. The monoisotopic (exact) mass is 500 g/mol. The van der Waals surface area contributed by atoms with Crippen LogP contribution in [0, 0.1) is 11.8 Å². The molecule has 2 atom stereocenters. The van der Waals surface area contributed by atoms with Gasteiger partial charge in [-0.2, -0.15) is 0 Å². The van der Waals surface area contributed by atoms with Crippen LogP contribution in [0.15, 0.2) is 9.98 Å². The molecule has 0 aromatic carbocycles. The molecular formula is C26H44N8O2. The molecule has 10 heteroatoms. The molecule has 2 unspecified atom stereocenters. The van der Waals surface area contributed by atoms with E-state index in [9.17, 15) is 9.59 Å². The average Bonchev–Trinajstić information content (AvgIpc) is 3.61. The van der Waals surface area contributed by atoms with Crippen molar-refractivity contribution in [2.24, 2.45) is 21.8 Å². The molecule has 4 amide bonds. The van der Waals surface area contributed by atoms with Gasteiger partial charge in [0.2, 0.25) is 0 Å². The molecule has 0 radical (unpaired) electrons. The number of rotatable bonds is 6. The number of amides is 4. The van der Waals surface area contributed by atoms with Gasteiger partial charge >= 0.3 is 12.1 Å². The van der Waals surface area contributed by atoms with E-state index < -0.39 is 0 Å². The first kappa shape index (κ1) is 25.1. The van der Waals surface area contributed by atoms with Crippen molar-refractivity contribution in [2.75, 3.05) is 26.2 Å². The number of nitrogens with zero attached hydrogens (tertiary/aromatic N) is 2. The second-order valence-corrected chi connectivity index (χ2v) is 11.2. The second kappa shape index (κ2) is 12.1. The van der Waals surface area contributed by atoms with Gasteiger partial charge in [-0.1, -0.05) is 12.8 Å². The van der Waals surface area contributed by atoms with E-state index in [0.717, 1.165) is 103 Å². The van der Waals surface area contributed by atoms with E-state index in [4.69, 9.17) is 0 Å². The van der Waals surface area contributed by atoms with Gasteiger partial charge in [-0.25, -0.2) is 9.59 Å². The normalized spacial score (nSPS) is 34.4. The lowest BCUT2D eigenvalue weighted by Gasteiger charge is -2.35. The molecule has 0 aromatic rings. The Morgan fingerprint density at radius 3 is 1.36 bits per heavy atom. The maximum atomic E-state index is 12.8. The smallest absolute Gasteiger partial charge is 0.315 e. The minimum absolute atomic E-state index is 0.0277. The molecule has 2 aliphatic heterocycles. The maximum absolute atomic E-state index is 12.8. The molecule has 6 N–H and O–H groups in total. The number of carbonyl (C=O) groups is 2. The highest BCUT2D eigenvalue weighted by Gasteiger charge is 2.32. The van der Waals surface area contributed by atoms with Gasteiger partial charge in [0.1, 0.15) is 0 Å². The molecule has 0 aromatic heterocycles. The van der Waals surface area contributed by atoms with Crippen LogP contribution in [0.1, 0.15) is 77.0 Å². The lowest BCUT2D eigenvalue weighted by Crippen LogP contribution is -2.58. The van der Waals surface area contributed by atoms with Crippen molar-refractivity contribution in [1.29, 1.82) is 0 Å². The Bertz CT molecular complexity index is 762. The molecule has 3 aliphatic carbocycles. The van der Waals surface area contributed by atoms with Gasteiger partial charge in [0.15, 0.2) is 0 Å². The van der Waals surface area contributed by atoms with Crippen LogP contribution in [0.2, 0.25) is 0 Å². The number of hydrogen-bond donors (Lipinski definition) is 6. The Morgan fingerprint density at radius 2 is 1.00 bits per heavy atom. The van der Waals surface area contributed by atoms with Gasteiger partial charge in [-0.15, -0.1) is 0 Å². The predicted octanol–water partition coefficient (Wildman–Crippen LogP) is 2.02. The molecule has 5 rings (SSSR count). The van der Waals surface area contributed by atoms with Gasteiger partial charge in [-0.05, 0) is 64.2 Å². The third kappa shape index (κ3) is 6.62. The van der Waals surface area contributed by atoms with Crippen LogP contribution in [-0.2, 0) is 0 Å². The maximum Gasteiger partial charge on any atom is 0.315 e. The molecule has 10 nitrogen and oxygen atoms in total. The van der Waals surface area contributed by atoms with Crippen molar-refractivity contribution in [2.45, 2.75) is 101 Å². The molecule has 3 fully saturated rings. The van der Waals surface area contributed by atoms with Gasteiger partial charge in [0.05, 0.1) is 36.8 Å². The number of nitrogens with one attached hydrogen (secondary N) is 6. The first-order chi connectivity index (χ1) is 17.6. The summed E-state index contributed by atoms with van der Waals surface area (Å²) >= 11 is 0. The van der Waals surface area contributed by atoms with E-state index in [1.54, 1.807) is 0 Å². The van der Waals surface area contributed by atoms with Gasteiger partial charge in [0.25, 0.3) is 0 Å². The zero-order chi connectivity index (χ0) is 24.7. The standard InChI is InChI=1S/C26H44N8O2/c35-25(31-19-9-5-17(6-10-19)23-27-13-14-28-23)33-21-3-1-2-4-22(21)34-26(36)32-20-11-7-18(8-12-20)24-29-15-16-30-24/h17-22H,1-16H2,(H,27,28)(H,29,30)(H2,31,33,35)(H2,32,34,36). The lowest BCUT2D eigenvalue weighted by atomic mass is 9.85. The summed E-state index contributed by atoms with van der Waals surface area (Å²) in [6.45, 7) is 3.69. The highest BCUT2D eigenvalue weighted by atomic mass is 16.2. The van der Waals surface area contributed by atoms with Crippen LogP contribution in [0.25, 0.3) is 0 Å². The van der Waals surface area contributed by atoms with Gasteiger partial charge < -0.3 is 31.9 Å². The molecule has 2 heterocycles. The Balaban J connectivity index is 1.02. The fraction of sp³-hybridized carbons (Fsp3) is 0.846. The second-order valence-electron chi connectivity index (χ2n) is 11.2. The third-order valence-electron chi connectivity index (χ3n) is 8.70. The summed E-state index contributed by atoms with van der Waals surface area (Å²) in [6.07, 6.45) is 12.2.